The van der Waals surface area contributed by atoms with E-state index in [4.69, 9.17) is 21.0 Å². The van der Waals surface area contributed by atoms with Gasteiger partial charge in [-0.1, -0.05) is 17.7 Å². The lowest BCUT2D eigenvalue weighted by atomic mass is 10.1. The molecule has 2 aromatic rings. The molecule has 1 fully saturated rings. The standard InChI is InChI=1S/C21H31ClN6O/c1-5-23-21(25-14-20-26-15(2)16(3)29-20)24-13-17-18(22)7-6-8-19(17)28-11-9-27(4)10-12-28/h6-8H,5,9-14H2,1-4H3,(H2,23,24,25). The van der Waals surface area contributed by atoms with Gasteiger partial charge in [0.1, 0.15) is 5.76 Å². The molecule has 1 saturated heterocycles. The Bertz CT molecular complexity index is 822. The number of aliphatic imine (C=N–C) groups is 1. The van der Waals surface area contributed by atoms with Crippen molar-refractivity contribution in [1.29, 1.82) is 0 Å². The van der Waals surface area contributed by atoms with Gasteiger partial charge in [-0.2, -0.15) is 0 Å². The fourth-order valence-electron chi connectivity index (χ4n) is 3.32. The Morgan fingerprint density at radius 2 is 1.97 bits per heavy atom. The van der Waals surface area contributed by atoms with Gasteiger partial charge in [-0.3, -0.25) is 0 Å². The fourth-order valence-corrected chi connectivity index (χ4v) is 3.55. The highest BCUT2D eigenvalue weighted by Crippen LogP contribution is 2.29. The molecule has 0 aliphatic carbocycles. The van der Waals surface area contributed by atoms with Crippen LogP contribution in [0.25, 0.3) is 0 Å². The summed E-state index contributed by atoms with van der Waals surface area (Å²) >= 11 is 6.56. The van der Waals surface area contributed by atoms with Gasteiger partial charge in [0.2, 0.25) is 5.89 Å². The van der Waals surface area contributed by atoms with Crippen molar-refractivity contribution in [2.45, 2.75) is 33.9 Å². The second kappa shape index (κ2) is 9.98. The number of hydrogen-bond donors (Lipinski definition) is 2. The first-order valence-corrected chi connectivity index (χ1v) is 10.5. The third-order valence-corrected chi connectivity index (χ3v) is 5.51. The maximum absolute atomic E-state index is 6.56. The molecule has 1 aromatic carbocycles. The minimum atomic E-state index is 0.481. The maximum Gasteiger partial charge on any atom is 0.214 e. The fraction of sp³-hybridized carbons (Fsp3) is 0.524. The number of hydrogen-bond acceptors (Lipinski definition) is 5. The Balaban J connectivity index is 1.73. The van der Waals surface area contributed by atoms with Crippen LogP contribution >= 0.6 is 11.6 Å². The Kier molecular flexibility index (Phi) is 7.39. The number of likely N-dealkylation sites (N-methyl/N-ethyl adjacent to an activating group) is 1. The Labute approximate surface area is 178 Å². The van der Waals surface area contributed by atoms with Gasteiger partial charge in [-0.25, -0.2) is 9.98 Å². The monoisotopic (exact) mass is 418 g/mol. The normalized spacial score (nSPS) is 15.6. The minimum Gasteiger partial charge on any atom is -0.444 e. The van der Waals surface area contributed by atoms with E-state index in [2.05, 4.69) is 38.5 Å². The summed E-state index contributed by atoms with van der Waals surface area (Å²) in [5.41, 5.74) is 3.14. The van der Waals surface area contributed by atoms with Gasteiger partial charge in [-0.15, -0.1) is 0 Å². The average molecular weight is 419 g/mol. The van der Waals surface area contributed by atoms with Crippen LogP contribution < -0.4 is 15.5 Å². The summed E-state index contributed by atoms with van der Waals surface area (Å²) in [5.74, 6) is 2.21. The zero-order valence-corrected chi connectivity index (χ0v) is 18.5. The lowest BCUT2D eigenvalue weighted by Crippen LogP contribution is -2.44. The van der Waals surface area contributed by atoms with E-state index >= 15 is 0 Å². The van der Waals surface area contributed by atoms with Crippen LogP contribution in [0.15, 0.2) is 27.6 Å². The molecule has 0 saturated carbocycles. The molecule has 1 aromatic heterocycles. The van der Waals surface area contributed by atoms with E-state index in [0.717, 1.165) is 54.8 Å². The lowest BCUT2D eigenvalue weighted by Gasteiger charge is -2.35. The first kappa shape index (κ1) is 21.5. The summed E-state index contributed by atoms with van der Waals surface area (Å²) < 4.78 is 5.64. The van der Waals surface area contributed by atoms with Crippen LogP contribution in [0.2, 0.25) is 5.02 Å². The number of benzene rings is 1. The highest BCUT2D eigenvalue weighted by Gasteiger charge is 2.18. The topological polar surface area (TPSA) is 68.9 Å². The van der Waals surface area contributed by atoms with E-state index in [1.54, 1.807) is 0 Å². The van der Waals surface area contributed by atoms with Crippen molar-refractivity contribution in [3.8, 4) is 0 Å². The van der Waals surface area contributed by atoms with Gasteiger partial charge in [0.25, 0.3) is 0 Å². The molecule has 0 atom stereocenters. The second-order valence-electron chi connectivity index (χ2n) is 7.33. The summed E-state index contributed by atoms with van der Waals surface area (Å²) in [4.78, 5) is 13.9. The van der Waals surface area contributed by atoms with E-state index in [1.165, 1.54) is 5.69 Å². The summed E-state index contributed by atoms with van der Waals surface area (Å²) in [7, 11) is 2.16. The number of guanidine groups is 1. The van der Waals surface area contributed by atoms with Gasteiger partial charge in [-0.05, 0) is 40.0 Å². The number of nitrogens with one attached hydrogen (secondary N) is 2. The lowest BCUT2D eigenvalue weighted by molar-refractivity contribution is 0.312. The number of anilines is 1. The molecule has 158 valence electrons. The van der Waals surface area contributed by atoms with Crippen molar-refractivity contribution >= 4 is 23.2 Å². The van der Waals surface area contributed by atoms with Crippen LogP contribution in [-0.4, -0.2) is 55.6 Å². The maximum atomic E-state index is 6.56. The molecule has 0 amide bonds. The quantitative estimate of drug-likeness (QED) is 0.555. The first-order chi connectivity index (χ1) is 14.0. The SMILES string of the molecule is CCNC(=NCc1c(Cl)cccc1N1CCN(C)CC1)NCc1nc(C)c(C)o1. The van der Waals surface area contributed by atoms with Crippen molar-refractivity contribution in [3.05, 3.63) is 46.1 Å². The van der Waals surface area contributed by atoms with Gasteiger partial charge >= 0.3 is 0 Å². The third kappa shape index (κ3) is 5.64. The first-order valence-electron chi connectivity index (χ1n) is 10.1. The van der Waals surface area contributed by atoms with Crippen LogP contribution in [0, 0.1) is 13.8 Å². The Hall–Kier alpha value is -2.25. The molecule has 0 bridgehead atoms. The van der Waals surface area contributed by atoms with Crippen LogP contribution in [-0.2, 0) is 13.1 Å². The van der Waals surface area contributed by atoms with E-state index < -0.39 is 0 Å². The average Bonchev–Trinajstić information content (AvgIpc) is 3.03. The number of oxazole rings is 1. The number of aromatic nitrogens is 1. The van der Waals surface area contributed by atoms with Crippen LogP contribution in [0.4, 0.5) is 5.69 Å². The summed E-state index contributed by atoms with van der Waals surface area (Å²) in [5, 5.41) is 7.32. The Morgan fingerprint density at radius 3 is 2.62 bits per heavy atom. The summed E-state index contributed by atoms with van der Waals surface area (Å²) in [6.45, 7) is 11.7. The molecule has 0 spiro atoms. The van der Waals surface area contributed by atoms with Crippen LogP contribution in [0.5, 0.6) is 0 Å². The molecule has 2 heterocycles. The van der Waals surface area contributed by atoms with E-state index in [9.17, 15) is 0 Å². The van der Waals surface area contributed by atoms with E-state index in [0.29, 0.717) is 24.9 Å². The minimum absolute atomic E-state index is 0.481. The zero-order chi connectivity index (χ0) is 20.8. The van der Waals surface area contributed by atoms with Crippen molar-refractivity contribution in [3.63, 3.8) is 0 Å². The number of rotatable bonds is 6. The molecule has 8 heteroatoms. The van der Waals surface area contributed by atoms with Crippen molar-refractivity contribution in [1.82, 2.24) is 20.5 Å². The summed E-state index contributed by atoms with van der Waals surface area (Å²) in [6, 6.07) is 6.09. The predicted molar refractivity (Wildman–Crippen MR) is 119 cm³/mol. The number of halogens is 1. The highest BCUT2D eigenvalue weighted by atomic mass is 35.5. The van der Waals surface area contributed by atoms with Crippen LogP contribution in [0.3, 0.4) is 0 Å². The zero-order valence-electron chi connectivity index (χ0n) is 17.8. The molecule has 29 heavy (non-hydrogen) atoms. The number of aryl methyl sites for hydroxylation is 2. The molecule has 1 aliphatic rings. The largest absolute Gasteiger partial charge is 0.444 e. The number of nitrogens with zero attached hydrogens (tertiary/aromatic N) is 4. The van der Waals surface area contributed by atoms with Gasteiger partial charge in [0, 0.05) is 49.0 Å². The molecular formula is C21H31ClN6O. The molecule has 2 N–H and O–H groups in total. The Morgan fingerprint density at radius 1 is 1.21 bits per heavy atom. The van der Waals surface area contributed by atoms with E-state index in [-0.39, 0.29) is 0 Å². The number of piperazine rings is 1. The van der Waals surface area contributed by atoms with Crippen LogP contribution in [0.1, 0.15) is 29.8 Å². The van der Waals surface area contributed by atoms with Gasteiger partial charge in [0.05, 0.1) is 18.8 Å². The molecule has 0 radical (unpaired) electrons. The summed E-state index contributed by atoms with van der Waals surface area (Å²) in [6.07, 6.45) is 0. The third-order valence-electron chi connectivity index (χ3n) is 5.16. The highest BCUT2D eigenvalue weighted by molar-refractivity contribution is 6.31. The predicted octanol–water partition coefficient (Wildman–Crippen LogP) is 2.95. The molecule has 7 nitrogen and oxygen atoms in total. The van der Waals surface area contributed by atoms with Crippen molar-refractivity contribution < 1.29 is 4.42 Å². The smallest absolute Gasteiger partial charge is 0.214 e. The van der Waals surface area contributed by atoms with Gasteiger partial charge < -0.3 is 24.9 Å². The van der Waals surface area contributed by atoms with Crippen molar-refractivity contribution in [2.24, 2.45) is 4.99 Å². The molecular weight excluding hydrogens is 388 g/mol. The molecule has 1 aliphatic heterocycles. The van der Waals surface area contributed by atoms with E-state index in [1.807, 2.05) is 32.9 Å². The second-order valence-corrected chi connectivity index (χ2v) is 7.73. The van der Waals surface area contributed by atoms with Crippen molar-refractivity contribution in [2.75, 3.05) is 44.7 Å². The van der Waals surface area contributed by atoms with Gasteiger partial charge in [0.15, 0.2) is 5.96 Å². The molecule has 3 rings (SSSR count). The molecule has 0 unspecified atom stereocenters.